The molecular formula is C24H29N7OS. The second-order valence-corrected chi connectivity index (χ2v) is 9.63. The molecule has 8 nitrogen and oxygen atoms in total. The molecule has 0 bridgehead atoms. The zero-order valence-electron chi connectivity index (χ0n) is 19.6. The zero-order valence-corrected chi connectivity index (χ0v) is 20.4. The molecule has 0 saturated heterocycles. The molecule has 1 amide bonds. The van der Waals surface area contributed by atoms with Gasteiger partial charge in [0.15, 0.2) is 0 Å². The molecule has 4 rings (SSSR count). The Morgan fingerprint density at radius 3 is 2.64 bits per heavy atom. The van der Waals surface area contributed by atoms with Crippen LogP contribution in [0.15, 0.2) is 23.4 Å². The highest BCUT2D eigenvalue weighted by Gasteiger charge is 2.26. The summed E-state index contributed by atoms with van der Waals surface area (Å²) in [6, 6.07) is 8.64. The van der Waals surface area contributed by atoms with Crippen LogP contribution >= 0.6 is 11.8 Å². The Morgan fingerprint density at radius 2 is 1.94 bits per heavy atom. The Bertz CT molecular complexity index is 1210. The van der Waals surface area contributed by atoms with Gasteiger partial charge in [-0.2, -0.15) is 9.94 Å². The van der Waals surface area contributed by atoms with E-state index >= 15 is 0 Å². The van der Waals surface area contributed by atoms with Crippen molar-refractivity contribution in [3.63, 3.8) is 0 Å². The third-order valence-corrected chi connectivity index (χ3v) is 7.49. The first-order valence-electron chi connectivity index (χ1n) is 11.3. The lowest BCUT2D eigenvalue weighted by atomic mass is 9.95. The van der Waals surface area contributed by atoms with Crippen LogP contribution in [0.3, 0.4) is 0 Å². The minimum atomic E-state index is -0.180. The zero-order chi connectivity index (χ0) is 23.5. The summed E-state index contributed by atoms with van der Waals surface area (Å²) in [5.41, 5.74) is 5.74. The number of tetrazole rings is 1. The fourth-order valence-electron chi connectivity index (χ4n) is 4.47. The van der Waals surface area contributed by atoms with Crippen LogP contribution in [0.4, 0.5) is 5.82 Å². The lowest BCUT2D eigenvalue weighted by molar-refractivity contribution is -0.113. The maximum absolute atomic E-state index is 12.9. The van der Waals surface area contributed by atoms with Gasteiger partial charge in [-0.1, -0.05) is 37.1 Å². The van der Waals surface area contributed by atoms with E-state index in [0.717, 1.165) is 35.3 Å². The summed E-state index contributed by atoms with van der Waals surface area (Å²) in [7, 11) is 0. The molecule has 1 fully saturated rings. The van der Waals surface area contributed by atoms with Crippen molar-refractivity contribution in [3.8, 4) is 11.8 Å². The van der Waals surface area contributed by atoms with Gasteiger partial charge in [0, 0.05) is 11.7 Å². The predicted molar refractivity (Wildman–Crippen MR) is 129 cm³/mol. The number of rotatable bonds is 6. The first kappa shape index (κ1) is 23.1. The summed E-state index contributed by atoms with van der Waals surface area (Å²) in [5, 5.41) is 25.3. The number of nitrogens with zero attached hydrogens (tertiary/aromatic N) is 6. The number of aromatic nitrogens is 5. The molecule has 1 saturated carbocycles. The van der Waals surface area contributed by atoms with Crippen LogP contribution in [0.2, 0.25) is 0 Å². The van der Waals surface area contributed by atoms with Crippen molar-refractivity contribution in [3.05, 3.63) is 46.1 Å². The fraction of sp³-hybridized carbons (Fsp3) is 0.458. The van der Waals surface area contributed by atoms with E-state index in [1.165, 1.54) is 36.6 Å². The smallest absolute Gasteiger partial charge is 0.235 e. The van der Waals surface area contributed by atoms with E-state index in [4.69, 9.17) is 0 Å². The predicted octanol–water partition coefficient (Wildman–Crippen LogP) is 4.81. The summed E-state index contributed by atoms with van der Waals surface area (Å²) in [5.74, 6) is 0.587. The molecule has 3 aromatic rings. The number of nitrogens with one attached hydrogen (secondary N) is 1. The quantitative estimate of drug-likeness (QED) is 0.527. The van der Waals surface area contributed by atoms with Crippen LogP contribution in [0.25, 0.3) is 5.69 Å². The third-order valence-electron chi connectivity index (χ3n) is 6.57. The van der Waals surface area contributed by atoms with Crippen LogP contribution in [-0.2, 0) is 4.79 Å². The van der Waals surface area contributed by atoms with Gasteiger partial charge in [-0.15, -0.1) is 5.10 Å². The topological polar surface area (TPSA) is 101 Å². The highest BCUT2D eigenvalue weighted by atomic mass is 32.2. The van der Waals surface area contributed by atoms with Gasteiger partial charge < -0.3 is 9.88 Å². The molecule has 9 heteroatoms. The molecule has 0 aliphatic heterocycles. The highest BCUT2D eigenvalue weighted by molar-refractivity contribution is 7.99. The lowest BCUT2D eigenvalue weighted by Crippen LogP contribution is -2.22. The minimum absolute atomic E-state index is 0.143. The molecule has 33 heavy (non-hydrogen) atoms. The van der Waals surface area contributed by atoms with Crippen LogP contribution < -0.4 is 5.32 Å². The second kappa shape index (κ2) is 9.79. The number of amides is 1. The number of carbonyl (C=O) groups excluding carboxylic acids is 1. The monoisotopic (exact) mass is 463 g/mol. The normalized spacial score (nSPS) is 14.3. The Labute approximate surface area is 198 Å². The summed E-state index contributed by atoms with van der Waals surface area (Å²) >= 11 is 1.27. The second-order valence-electron chi connectivity index (χ2n) is 8.69. The molecular weight excluding hydrogens is 434 g/mol. The number of benzene rings is 1. The van der Waals surface area contributed by atoms with Gasteiger partial charge in [0.05, 0.1) is 17.0 Å². The van der Waals surface area contributed by atoms with E-state index in [-0.39, 0.29) is 11.7 Å². The number of nitriles is 1. The molecule has 1 aromatic carbocycles. The number of hydrogen-bond donors (Lipinski definition) is 1. The first-order chi connectivity index (χ1) is 15.9. The summed E-state index contributed by atoms with van der Waals surface area (Å²) in [6.07, 6.45) is 5.74. The number of aryl methyl sites for hydroxylation is 2. The van der Waals surface area contributed by atoms with Crippen molar-refractivity contribution in [2.45, 2.75) is 71.0 Å². The van der Waals surface area contributed by atoms with Crippen LogP contribution in [0, 0.1) is 39.0 Å². The molecule has 0 spiro atoms. The van der Waals surface area contributed by atoms with Gasteiger partial charge in [-0.25, -0.2) is 0 Å². The van der Waals surface area contributed by atoms with E-state index < -0.39 is 0 Å². The van der Waals surface area contributed by atoms with Crippen molar-refractivity contribution < 1.29 is 4.79 Å². The molecule has 0 unspecified atom stereocenters. The summed E-state index contributed by atoms with van der Waals surface area (Å²) in [6.45, 7) is 8.09. The van der Waals surface area contributed by atoms with Crippen LogP contribution in [0.5, 0.6) is 0 Å². The van der Waals surface area contributed by atoms with Gasteiger partial charge in [0.1, 0.15) is 11.9 Å². The van der Waals surface area contributed by atoms with Crippen molar-refractivity contribution >= 4 is 23.5 Å². The van der Waals surface area contributed by atoms with Crippen molar-refractivity contribution in [1.29, 1.82) is 5.26 Å². The average molecular weight is 464 g/mol. The van der Waals surface area contributed by atoms with Crippen LogP contribution in [0.1, 0.15) is 66.1 Å². The van der Waals surface area contributed by atoms with E-state index in [0.29, 0.717) is 22.6 Å². The molecule has 172 valence electrons. The largest absolute Gasteiger partial charge is 0.327 e. The first-order valence-corrected chi connectivity index (χ1v) is 12.3. The van der Waals surface area contributed by atoms with Gasteiger partial charge in [-0.3, -0.25) is 4.79 Å². The maximum atomic E-state index is 12.9. The standard InChI is InChI=1S/C24H29N7OS/c1-15-10-11-20(12-16(15)2)31-24(27-28-29-31)33-14-22(32)26-23-21(13-25)17(3)18(4)30(23)19-8-6-5-7-9-19/h10-12,19H,5-9,14H2,1-4H3,(H,26,32). The number of hydrogen-bond acceptors (Lipinski definition) is 6. The number of thioether (sulfide) groups is 1. The molecule has 0 radical (unpaired) electrons. The highest BCUT2D eigenvalue weighted by Crippen LogP contribution is 2.37. The van der Waals surface area contributed by atoms with Gasteiger partial charge in [0.25, 0.3) is 0 Å². The fourth-order valence-corrected chi connectivity index (χ4v) is 5.16. The molecule has 2 heterocycles. The third kappa shape index (κ3) is 4.67. The van der Waals surface area contributed by atoms with E-state index in [9.17, 15) is 10.1 Å². The number of anilines is 1. The van der Waals surface area contributed by atoms with Crippen molar-refractivity contribution in [2.75, 3.05) is 11.1 Å². The Hall–Kier alpha value is -3.12. The van der Waals surface area contributed by atoms with Crippen LogP contribution in [-0.4, -0.2) is 36.4 Å². The van der Waals surface area contributed by atoms with E-state index in [2.05, 4.69) is 38.4 Å². The Morgan fingerprint density at radius 1 is 1.18 bits per heavy atom. The molecule has 0 atom stereocenters. The van der Waals surface area contributed by atoms with E-state index in [1.807, 2.05) is 39.0 Å². The molecule has 1 N–H and O–H groups in total. The molecule has 1 aliphatic carbocycles. The van der Waals surface area contributed by atoms with Gasteiger partial charge in [-0.05, 0) is 79.8 Å². The summed E-state index contributed by atoms with van der Waals surface area (Å²) < 4.78 is 3.82. The van der Waals surface area contributed by atoms with Crippen molar-refractivity contribution in [1.82, 2.24) is 24.8 Å². The maximum Gasteiger partial charge on any atom is 0.235 e. The average Bonchev–Trinajstić information content (AvgIpc) is 3.37. The SMILES string of the molecule is Cc1ccc(-n2nnnc2SCC(=O)Nc2c(C#N)c(C)c(C)n2C2CCCCC2)cc1C. The number of carbonyl (C=O) groups is 1. The van der Waals surface area contributed by atoms with Gasteiger partial charge in [0.2, 0.25) is 11.1 Å². The molecule has 1 aliphatic rings. The lowest BCUT2D eigenvalue weighted by Gasteiger charge is -2.27. The Kier molecular flexibility index (Phi) is 6.84. The van der Waals surface area contributed by atoms with E-state index in [1.54, 1.807) is 4.68 Å². The van der Waals surface area contributed by atoms with Gasteiger partial charge >= 0.3 is 0 Å². The molecule has 2 aromatic heterocycles. The Balaban J connectivity index is 1.52. The van der Waals surface area contributed by atoms with Crippen molar-refractivity contribution in [2.24, 2.45) is 0 Å². The minimum Gasteiger partial charge on any atom is -0.327 e. The summed E-state index contributed by atoms with van der Waals surface area (Å²) in [4.78, 5) is 12.9.